The monoisotopic (exact) mass is 491 g/mol. The molecular weight excluding hydrogens is 466 g/mol. The van der Waals surface area contributed by atoms with Crippen molar-refractivity contribution in [1.29, 1.82) is 0 Å². The Morgan fingerprint density at radius 3 is 2.06 bits per heavy atom. The van der Waals surface area contributed by atoms with Crippen LogP contribution in [0.1, 0.15) is 37.7 Å². The van der Waals surface area contributed by atoms with Crippen LogP contribution in [-0.2, 0) is 30.4 Å². The zero-order valence-corrected chi connectivity index (χ0v) is 18.9. The maximum atomic E-state index is 12.6. The maximum Gasteiger partial charge on any atom is 0.303 e. The molecule has 2 aromatic rings. The number of hydrogen-bond acceptors (Lipinski definition) is 8. The van der Waals surface area contributed by atoms with E-state index in [2.05, 4.69) is 20.2 Å². The highest BCUT2D eigenvalue weighted by Crippen LogP contribution is 2.18. The number of amides is 3. The predicted molar refractivity (Wildman–Crippen MR) is 120 cm³/mol. The first-order valence-corrected chi connectivity index (χ1v) is 11.2. The average Bonchev–Trinajstić information content (AvgIpc) is 3.32. The number of aliphatic carboxylic acids is 2. The molecule has 6 N–H and O–H groups in total. The summed E-state index contributed by atoms with van der Waals surface area (Å²) in [6.45, 7) is 0. The predicted octanol–water partition coefficient (Wildman–Crippen LogP) is 0.322. The van der Waals surface area contributed by atoms with Gasteiger partial charge in [-0.2, -0.15) is 0 Å². The molecule has 1 heterocycles. The molecule has 0 fully saturated rings. The number of primary amides is 1. The molecule has 2 unspecified atom stereocenters. The molecule has 0 aliphatic rings. The van der Waals surface area contributed by atoms with Crippen molar-refractivity contribution >= 4 is 41.2 Å². The summed E-state index contributed by atoms with van der Waals surface area (Å²) in [4.78, 5) is 58.3. The van der Waals surface area contributed by atoms with Crippen molar-refractivity contribution in [1.82, 2.24) is 20.2 Å². The van der Waals surface area contributed by atoms with Gasteiger partial charge < -0.3 is 26.6 Å². The highest BCUT2D eigenvalue weighted by Gasteiger charge is 2.26. The molecule has 0 saturated carbocycles. The fourth-order valence-corrected chi connectivity index (χ4v) is 3.48. The van der Waals surface area contributed by atoms with Gasteiger partial charge in [0.15, 0.2) is 0 Å². The second-order valence-corrected chi connectivity index (χ2v) is 8.05. The minimum absolute atomic E-state index is 0.0344. The molecule has 2 rings (SSSR count). The number of aryl methyl sites for hydroxylation is 1. The number of nitrogens with two attached hydrogens (primary N) is 1. The number of rotatable bonds is 14. The minimum Gasteiger partial charge on any atom is -0.481 e. The normalized spacial score (nSPS) is 12.4. The summed E-state index contributed by atoms with van der Waals surface area (Å²) in [6, 6.07) is 4.91. The van der Waals surface area contributed by atoms with Crippen molar-refractivity contribution in [3.05, 3.63) is 35.2 Å². The van der Waals surface area contributed by atoms with Gasteiger partial charge in [0.05, 0.1) is 0 Å². The molecule has 13 heteroatoms. The number of aromatic nitrogens is 2. The highest BCUT2D eigenvalue weighted by molar-refractivity contribution is 7.03. The third kappa shape index (κ3) is 8.94. The summed E-state index contributed by atoms with van der Waals surface area (Å²) in [5, 5.41) is 28.3. The SMILES string of the molecule is NC(=O)C(CCC(=O)O)NC(=O)C(CCC(=O)O)NC(=O)CCc1ccc(-c2csnn2)cc1. The second kappa shape index (κ2) is 13.0. The Bertz CT molecular complexity index is 1010. The van der Waals surface area contributed by atoms with Crippen LogP contribution in [0.3, 0.4) is 0 Å². The Morgan fingerprint density at radius 1 is 0.912 bits per heavy atom. The number of benzene rings is 1. The van der Waals surface area contributed by atoms with Crippen molar-refractivity contribution in [2.75, 3.05) is 0 Å². The summed E-state index contributed by atoms with van der Waals surface area (Å²) >= 11 is 1.24. The van der Waals surface area contributed by atoms with E-state index in [0.717, 1.165) is 16.8 Å². The van der Waals surface area contributed by atoms with Crippen LogP contribution in [0.2, 0.25) is 0 Å². The average molecular weight is 492 g/mol. The topological polar surface area (TPSA) is 202 Å². The Kier molecular flexibility index (Phi) is 10.1. The largest absolute Gasteiger partial charge is 0.481 e. The summed E-state index contributed by atoms with van der Waals surface area (Å²) in [7, 11) is 0. The lowest BCUT2D eigenvalue weighted by Crippen LogP contribution is -2.53. The number of hydrogen-bond donors (Lipinski definition) is 5. The van der Waals surface area contributed by atoms with Gasteiger partial charge >= 0.3 is 11.9 Å². The molecule has 1 aromatic carbocycles. The molecule has 0 spiro atoms. The molecule has 2 atom stereocenters. The Hall–Kier alpha value is -3.87. The molecular formula is C21H25N5O7S. The van der Waals surface area contributed by atoms with Crippen LogP contribution in [0.25, 0.3) is 11.3 Å². The van der Waals surface area contributed by atoms with Gasteiger partial charge in [-0.15, -0.1) is 5.10 Å². The van der Waals surface area contributed by atoms with Gasteiger partial charge in [-0.25, -0.2) is 0 Å². The van der Waals surface area contributed by atoms with E-state index in [1.165, 1.54) is 11.5 Å². The molecule has 0 radical (unpaired) electrons. The van der Waals surface area contributed by atoms with E-state index in [-0.39, 0.29) is 19.3 Å². The zero-order chi connectivity index (χ0) is 25.1. The number of nitrogens with one attached hydrogen (secondary N) is 2. The van der Waals surface area contributed by atoms with Crippen LogP contribution >= 0.6 is 11.5 Å². The van der Waals surface area contributed by atoms with Crippen molar-refractivity contribution < 1.29 is 34.2 Å². The number of carboxylic acid groups (broad SMARTS) is 2. The molecule has 0 aliphatic heterocycles. The molecule has 1 aromatic heterocycles. The van der Waals surface area contributed by atoms with Gasteiger partial charge in [-0.3, -0.25) is 24.0 Å². The van der Waals surface area contributed by atoms with Crippen LogP contribution in [0.15, 0.2) is 29.6 Å². The number of carboxylic acids is 2. The fourth-order valence-electron chi connectivity index (χ4n) is 3.02. The van der Waals surface area contributed by atoms with E-state index in [1.807, 2.05) is 29.6 Å². The third-order valence-corrected chi connectivity index (χ3v) is 5.36. The van der Waals surface area contributed by atoms with Crippen molar-refractivity contribution in [2.45, 2.75) is 50.6 Å². The first-order valence-electron chi connectivity index (χ1n) is 10.3. The van der Waals surface area contributed by atoms with E-state index < -0.39 is 54.6 Å². The molecule has 0 bridgehead atoms. The van der Waals surface area contributed by atoms with Gasteiger partial charge in [0.25, 0.3) is 0 Å². The molecule has 182 valence electrons. The Balaban J connectivity index is 1.95. The van der Waals surface area contributed by atoms with Crippen molar-refractivity contribution in [3.63, 3.8) is 0 Å². The fraction of sp³-hybridized carbons (Fsp3) is 0.381. The molecule has 3 amide bonds. The first kappa shape index (κ1) is 26.4. The van der Waals surface area contributed by atoms with Crippen LogP contribution in [-0.4, -0.2) is 61.5 Å². The van der Waals surface area contributed by atoms with Gasteiger partial charge in [0.2, 0.25) is 17.7 Å². The van der Waals surface area contributed by atoms with Crippen LogP contribution in [0.5, 0.6) is 0 Å². The van der Waals surface area contributed by atoms with Gasteiger partial charge in [0, 0.05) is 30.2 Å². The zero-order valence-electron chi connectivity index (χ0n) is 18.1. The molecule has 0 saturated heterocycles. The van der Waals surface area contributed by atoms with Crippen molar-refractivity contribution in [2.24, 2.45) is 5.73 Å². The van der Waals surface area contributed by atoms with E-state index >= 15 is 0 Å². The number of carbonyl (C=O) groups is 5. The lowest BCUT2D eigenvalue weighted by molar-refractivity contribution is -0.139. The maximum absolute atomic E-state index is 12.6. The third-order valence-electron chi connectivity index (χ3n) is 4.86. The first-order chi connectivity index (χ1) is 16.2. The smallest absolute Gasteiger partial charge is 0.303 e. The van der Waals surface area contributed by atoms with E-state index in [4.69, 9.17) is 15.9 Å². The Morgan fingerprint density at radius 2 is 1.53 bits per heavy atom. The Labute approximate surface area is 198 Å². The molecule has 0 aliphatic carbocycles. The lowest BCUT2D eigenvalue weighted by atomic mass is 10.0. The minimum atomic E-state index is -1.26. The van der Waals surface area contributed by atoms with Gasteiger partial charge in [0.1, 0.15) is 17.8 Å². The highest BCUT2D eigenvalue weighted by atomic mass is 32.1. The molecule has 12 nitrogen and oxygen atoms in total. The summed E-state index contributed by atoms with van der Waals surface area (Å²) in [5.74, 6) is -4.58. The number of carbonyl (C=O) groups excluding carboxylic acids is 3. The van der Waals surface area contributed by atoms with E-state index in [1.54, 1.807) is 0 Å². The standard InChI is InChI=1S/C21H25N5O7S/c22-20(32)14(6-9-18(28)29)24-21(33)15(7-10-19(30)31)23-17(27)8-3-12-1-4-13(5-2-12)16-11-34-26-25-16/h1-2,4-5,11,14-15H,3,6-10H2,(H2,22,32)(H,23,27)(H,24,33)(H,28,29)(H,30,31). The van der Waals surface area contributed by atoms with Gasteiger partial charge in [-0.05, 0) is 36.4 Å². The van der Waals surface area contributed by atoms with Crippen LogP contribution in [0.4, 0.5) is 0 Å². The molecule has 34 heavy (non-hydrogen) atoms. The second-order valence-electron chi connectivity index (χ2n) is 7.44. The van der Waals surface area contributed by atoms with E-state index in [9.17, 15) is 24.0 Å². The number of nitrogens with zero attached hydrogens (tertiary/aromatic N) is 2. The van der Waals surface area contributed by atoms with E-state index in [0.29, 0.717) is 6.42 Å². The lowest BCUT2D eigenvalue weighted by Gasteiger charge is -2.21. The van der Waals surface area contributed by atoms with Crippen LogP contribution in [0, 0.1) is 0 Å². The van der Waals surface area contributed by atoms with Crippen LogP contribution < -0.4 is 16.4 Å². The van der Waals surface area contributed by atoms with Crippen molar-refractivity contribution in [3.8, 4) is 11.3 Å². The summed E-state index contributed by atoms with van der Waals surface area (Å²) in [6.07, 6.45) is -0.847. The summed E-state index contributed by atoms with van der Waals surface area (Å²) < 4.78 is 3.81. The summed E-state index contributed by atoms with van der Waals surface area (Å²) in [5.41, 5.74) is 7.72. The van der Waals surface area contributed by atoms with Gasteiger partial charge in [-0.1, -0.05) is 28.8 Å². The quantitative estimate of drug-likeness (QED) is 0.247.